The van der Waals surface area contributed by atoms with Crippen molar-refractivity contribution in [1.29, 1.82) is 0 Å². The van der Waals surface area contributed by atoms with Crippen LogP contribution in [-0.4, -0.2) is 66.8 Å². The van der Waals surface area contributed by atoms with Crippen LogP contribution in [0, 0.1) is 5.92 Å². The van der Waals surface area contributed by atoms with Crippen LogP contribution in [0.15, 0.2) is 30.3 Å². The zero-order valence-electron chi connectivity index (χ0n) is 16.5. The summed E-state index contributed by atoms with van der Waals surface area (Å²) in [6, 6.07) is 9.54. The molecule has 3 amide bonds. The number of hydrogen-bond acceptors (Lipinski definition) is 4. The van der Waals surface area contributed by atoms with E-state index in [1.807, 2.05) is 42.3 Å². The molecule has 2 fully saturated rings. The number of carbonyl (C=O) groups is 3. The zero-order chi connectivity index (χ0) is 19.9. The van der Waals surface area contributed by atoms with Gasteiger partial charge in [0.25, 0.3) is 0 Å². The maximum absolute atomic E-state index is 12.5. The first kappa shape index (κ1) is 20.3. The van der Waals surface area contributed by atoms with Crippen molar-refractivity contribution in [3.63, 3.8) is 0 Å². The van der Waals surface area contributed by atoms with E-state index in [2.05, 4.69) is 10.6 Å². The molecule has 2 saturated heterocycles. The Balaban J connectivity index is 1.37. The molecule has 0 saturated carbocycles. The molecule has 0 aromatic heterocycles. The predicted octanol–water partition coefficient (Wildman–Crippen LogP) is 0.752. The van der Waals surface area contributed by atoms with Crippen molar-refractivity contribution in [2.24, 2.45) is 5.92 Å². The van der Waals surface area contributed by atoms with Crippen LogP contribution in [0.5, 0.6) is 0 Å². The fraction of sp³-hybridized carbons (Fsp3) is 0.571. The summed E-state index contributed by atoms with van der Waals surface area (Å²) in [5.41, 5.74) is 1.13. The molecule has 0 bridgehead atoms. The van der Waals surface area contributed by atoms with E-state index in [0.29, 0.717) is 38.5 Å². The number of piperazine rings is 1. The lowest BCUT2D eigenvalue weighted by Gasteiger charge is -2.35. The first-order valence-electron chi connectivity index (χ1n) is 10.1. The van der Waals surface area contributed by atoms with Gasteiger partial charge in [-0.25, -0.2) is 0 Å². The van der Waals surface area contributed by atoms with Crippen LogP contribution in [0.25, 0.3) is 0 Å². The summed E-state index contributed by atoms with van der Waals surface area (Å²) >= 11 is 0. The number of amides is 3. The van der Waals surface area contributed by atoms with Gasteiger partial charge >= 0.3 is 0 Å². The molecule has 7 nitrogen and oxygen atoms in total. The molecular weight excluding hydrogens is 356 g/mol. The van der Waals surface area contributed by atoms with E-state index in [4.69, 9.17) is 0 Å². The molecule has 1 atom stereocenters. The molecule has 7 heteroatoms. The highest BCUT2D eigenvalue weighted by Gasteiger charge is 2.31. The molecule has 1 aromatic rings. The summed E-state index contributed by atoms with van der Waals surface area (Å²) in [4.78, 5) is 40.0. The minimum absolute atomic E-state index is 0.00216. The smallest absolute Gasteiger partial charge is 0.246 e. The van der Waals surface area contributed by atoms with E-state index in [-0.39, 0.29) is 24.3 Å². The van der Waals surface area contributed by atoms with Gasteiger partial charge in [-0.1, -0.05) is 30.3 Å². The van der Waals surface area contributed by atoms with Gasteiger partial charge in [0.15, 0.2) is 0 Å². The number of carbonyl (C=O) groups excluding carboxylic acids is 3. The lowest BCUT2D eigenvalue weighted by molar-refractivity contribution is -0.138. The first-order valence-corrected chi connectivity index (χ1v) is 10.1. The monoisotopic (exact) mass is 386 g/mol. The van der Waals surface area contributed by atoms with Crippen LogP contribution >= 0.6 is 0 Å². The Morgan fingerprint density at radius 3 is 2.57 bits per heavy atom. The number of nitrogens with one attached hydrogen (secondary N) is 2. The number of benzene rings is 1. The molecule has 2 heterocycles. The Kier molecular flexibility index (Phi) is 7.03. The lowest BCUT2D eigenvalue weighted by Crippen LogP contribution is -2.59. The third-order valence-corrected chi connectivity index (χ3v) is 5.65. The van der Waals surface area contributed by atoms with Gasteiger partial charge in [-0.15, -0.1) is 0 Å². The number of rotatable bonds is 6. The van der Waals surface area contributed by atoms with E-state index in [1.54, 1.807) is 4.90 Å². The maximum atomic E-state index is 12.5. The van der Waals surface area contributed by atoms with E-state index in [1.165, 1.54) is 0 Å². The van der Waals surface area contributed by atoms with Crippen molar-refractivity contribution >= 4 is 17.7 Å². The van der Waals surface area contributed by atoms with Crippen LogP contribution < -0.4 is 10.6 Å². The average Bonchev–Trinajstić information content (AvgIpc) is 2.72. The van der Waals surface area contributed by atoms with E-state index in [0.717, 1.165) is 24.8 Å². The molecule has 2 aliphatic rings. The fourth-order valence-electron chi connectivity index (χ4n) is 3.90. The minimum Gasteiger partial charge on any atom is -0.342 e. The predicted molar refractivity (Wildman–Crippen MR) is 106 cm³/mol. The van der Waals surface area contributed by atoms with Gasteiger partial charge in [-0.3, -0.25) is 14.4 Å². The van der Waals surface area contributed by atoms with Crippen molar-refractivity contribution < 1.29 is 14.4 Å². The summed E-state index contributed by atoms with van der Waals surface area (Å²) < 4.78 is 0. The first-order chi connectivity index (χ1) is 13.5. The summed E-state index contributed by atoms with van der Waals surface area (Å²) in [6.07, 6.45) is 3.23. The molecule has 1 aromatic carbocycles. The maximum Gasteiger partial charge on any atom is 0.246 e. The van der Waals surface area contributed by atoms with Gasteiger partial charge in [0.1, 0.15) is 6.04 Å². The minimum atomic E-state index is -0.453. The highest BCUT2D eigenvalue weighted by atomic mass is 16.2. The normalized spacial score (nSPS) is 20.5. The van der Waals surface area contributed by atoms with Crippen LogP contribution in [0.3, 0.4) is 0 Å². The van der Waals surface area contributed by atoms with Gasteiger partial charge in [-0.2, -0.15) is 0 Å². The highest BCUT2D eigenvalue weighted by Crippen LogP contribution is 2.23. The summed E-state index contributed by atoms with van der Waals surface area (Å²) in [7, 11) is 1.85. The second-order valence-corrected chi connectivity index (χ2v) is 7.79. The standard InChI is InChI=1S/C21H30N4O3/c1-24(15-17-5-3-2-4-6-17)20(27)8-7-16-9-11-25(12-10-16)21(28)18-13-22-14-19(26)23-18/h2-6,16,18,22H,7-15H2,1H3,(H,23,26). The average molecular weight is 386 g/mol. The molecule has 28 heavy (non-hydrogen) atoms. The Hall–Kier alpha value is -2.41. The number of piperidine rings is 1. The summed E-state index contributed by atoms with van der Waals surface area (Å²) in [5, 5.41) is 5.73. The summed E-state index contributed by atoms with van der Waals surface area (Å²) in [6.45, 7) is 2.80. The molecule has 0 radical (unpaired) electrons. The molecule has 1 unspecified atom stereocenters. The van der Waals surface area contributed by atoms with Gasteiger partial charge in [0.05, 0.1) is 6.54 Å². The van der Waals surface area contributed by atoms with E-state index < -0.39 is 6.04 Å². The lowest BCUT2D eigenvalue weighted by atomic mass is 9.91. The fourth-order valence-corrected chi connectivity index (χ4v) is 3.90. The second-order valence-electron chi connectivity index (χ2n) is 7.79. The quantitative estimate of drug-likeness (QED) is 0.756. The Morgan fingerprint density at radius 2 is 1.89 bits per heavy atom. The molecule has 0 spiro atoms. The molecule has 152 valence electrons. The van der Waals surface area contributed by atoms with Gasteiger partial charge in [0.2, 0.25) is 17.7 Å². The van der Waals surface area contributed by atoms with Crippen LogP contribution in [0.2, 0.25) is 0 Å². The number of hydrogen-bond donors (Lipinski definition) is 2. The van der Waals surface area contributed by atoms with Crippen LogP contribution in [0.1, 0.15) is 31.2 Å². The Labute approximate surface area is 166 Å². The number of nitrogens with zero attached hydrogens (tertiary/aromatic N) is 2. The second kappa shape index (κ2) is 9.68. The van der Waals surface area contributed by atoms with Gasteiger partial charge in [-0.05, 0) is 30.7 Å². The van der Waals surface area contributed by atoms with E-state index in [9.17, 15) is 14.4 Å². The van der Waals surface area contributed by atoms with Crippen molar-refractivity contribution in [2.45, 2.75) is 38.3 Å². The Morgan fingerprint density at radius 1 is 1.18 bits per heavy atom. The van der Waals surface area contributed by atoms with Gasteiger partial charge in [0, 0.05) is 39.6 Å². The zero-order valence-corrected chi connectivity index (χ0v) is 16.5. The van der Waals surface area contributed by atoms with Crippen molar-refractivity contribution in [3.8, 4) is 0 Å². The molecular formula is C21H30N4O3. The van der Waals surface area contributed by atoms with Gasteiger partial charge < -0.3 is 20.4 Å². The van der Waals surface area contributed by atoms with Crippen molar-refractivity contribution in [3.05, 3.63) is 35.9 Å². The topological polar surface area (TPSA) is 81.8 Å². The third kappa shape index (κ3) is 5.55. The van der Waals surface area contributed by atoms with Crippen LogP contribution in [0.4, 0.5) is 0 Å². The highest BCUT2D eigenvalue weighted by molar-refractivity contribution is 5.89. The summed E-state index contributed by atoms with van der Waals surface area (Å²) in [5.74, 6) is 0.505. The molecule has 3 rings (SSSR count). The Bertz CT molecular complexity index is 686. The molecule has 2 N–H and O–H groups in total. The molecule has 0 aliphatic carbocycles. The van der Waals surface area contributed by atoms with Crippen molar-refractivity contribution in [2.75, 3.05) is 33.2 Å². The molecule has 2 aliphatic heterocycles. The van der Waals surface area contributed by atoms with Crippen LogP contribution in [-0.2, 0) is 20.9 Å². The van der Waals surface area contributed by atoms with E-state index >= 15 is 0 Å². The third-order valence-electron chi connectivity index (χ3n) is 5.65. The largest absolute Gasteiger partial charge is 0.342 e. The number of likely N-dealkylation sites (tertiary alicyclic amines) is 1. The van der Waals surface area contributed by atoms with Crippen molar-refractivity contribution in [1.82, 2.24) is 20.4 Å². The SMILES string of the molecule is CN(Cc1ccccc1)C(=O)CCC1CCN(C(=O)C2CNCC(=O)N2)CC1.